The van der Waals surface area contributed by atoms with Crippen LogP contribution in [0.3, 0.4) is 0 Å². The van der Waals surface area contributed by atoms with Crippen LogP contribution in [0.15, 0.2) is 59.8 Å². The summed E-state index contributed by atoms with van der Waals surface area (Å²) in [6, 6.07) is 17.1. The second-order valence-electron chi connectivity index (χ2n) is 6.58. The maximum absolute atomic E-state index is 12.5. The van der Waals surface area contributed by atoms with Gasteiger partial charge in [-0.3, -0.25) is 9.59 Å². The summed E-state index contributed by atoms with van der Waals surface area (Å²) < 4.78 is 1.87. The molecule has 0 aliphatic heterocycles. The van der Waals surface area contributed by atoms with Crippen LogP contribution in [0.4, 0.5) is 11.4 Å². The molecule has 0 spiro atoms. The van der Waals surface area contributed by atoms with Gasteiger partial charge in [-0.1, -0.05) is 55.1 Å². The normalized spacial score (nSPS) is 10.6. The summed E-state index contributed by atoms with van der Waals surface area (Å²) in [5, 5.41) is 14.8. The molecule has 0 radical (unpaired) electrons. The number of aryl methyl sites for hydroxylation is 1. The first kappa shape index (κ1) is 21.6. The molecule has 2 amide bonds. The van der Waals surface area contributed by atoms with Crippen LogP contribution in [0.1, 0.15) is 25.2 Å². The third-order valence-electron chi connectivity index (χ3n) is 4.49. The summed E-state index contributed by atoms with van der Waals surface area (Å²) in [5.74, 6) is 0.530. The molecule has 30 heavy (non-hydrogen) atoms. The highest BCUT2D eigenvalue weighted by Crippen LogP contribution is 2.19. The van der Waals surface area contributed by atoms with Crippen molar-refractivity contribution in [3.8, 4) is 0 Å². The lowest BCUT2D eigenvalue weighted by Crippen LogP contribution is -2.18. The number of amides is 2. The number of thioether (sulfide) groups is 1. The quantitative estimate of drug-likeness (QED) is 0.512. The van der Waals surface area contributed by atoms with E-state index in [4.69, 9.17) is 0 Å². The van der Waals surface area contributed by atoms with Crippen molar-refractivity contribution in [1.29, 1.82) is 0 Å². The number of nitrogens with one attached hydrogen (secondary N) is 2. The molecule has 0 saturated heterocycles. The van der Waals surface area contributed by atoms with Crippen molar-refractivity contribution < 1.29 is 9.59 Å². The molecular weight excluding hydrogens is 398 g/mol. The number of benzene rings is 2. The second kappa shape index (κ2) is 10.6. The van der Waals surface area contributed by atoms with Crippen molar-refractivity contribution >= 4 is 35.0 Å². The molecule has 1 aromatic heterocycles. The Kier molecular flexibility index (Phi) is 7.62. The van der Waals surface area contributed by atoms with E-state index < -0.39 is 0 Å². The minimum Gasteiger partial charge on any atom is -0.325 e. The number of para-hydroxylation sites is 2. The van der Waals surface area contributed by atoms with E-state index in [1.54, 1.807) is 0 Å². The number of aromatic nitrogens is 3. The number of nitrogens with zero attached hydrogens (tertiary/aromatic N) is 3. The highest BCUT2D eigenvalue weighted by molar-refractivity contribution is 7.99. The number of anilines is 2. The maximum atomic E-state index is 12.5. The average Bonchev–Trinajstić information content (AvgIpc) is 3.14. The van der Waals surface area contributed by atoms with Crippen LogP contribution in [0, 0.1) is 0 Å². The highest BCUT2D eigenvalue weighted by atomic mass is 32.2. The van der Waals surface area contributed by atoms with Gasteiger partial charge >= 0.3 is 0 Å². The van der Waals surface area contributed by atoms with Gasteiger partial charge in [-0.25, -0.2) is 0 Å². The zero-order chi connectivity index (χ0) is 21.3. The van der Waals surface area contributed by atoms with Gasteiger partial charge in [-0.15, -0.1) is 10.2 Å². The van der Waals surface area contributed by atoms with E-state index in [0.717, 1.165) is 23.4 Å². The van der Waals surface area contributed by atoms with E-state index in [-0.39, 0.29) is 24.0 Å². The highest BCUT2D eigenvalue weighted by Gasteiger charge is 2.16. The Morgan fingerprint density at radius 3 is 2.40 bits per heavy atom. The topological polar surface area (TPSA) is 88.9 Å². The van der Waals surface area contributed by atoms with Crippen molar-refractivity contribution in [2.45, 2.75) is 38.4 Å². The zero-order valence-corrected chi connectivity index (χ0v) is 17.9. The summed E-state index contributed by atoms with van der Waals surface area (Å²) >= 11 is 1.30. The Morgan fingerprint density at radius 2 is 1.67 bits per heavy atom. The lowest BCUT2D eigenvalue weighted by molar-refractivity contribution is -0.116. The molecule has 156 valence electrons. The molecule has 3 rings (SSSR count). The molecule has 0 fully saturated rings. The van der Waals surface area contributed by atoms with Gasteiger partial charge in [0.1, 0.15) is 5.82 Å². The lowest BCUT2D eigenvalue weighted by atomic mass is 10.1. The Labute approximate surface area is 180 Å². The number of rotatable bonds is 9. The van der Waals surface area contributed by atoms with Gasteiger partial charge in [-0.05, 0) is 37.1 Å². The predicted molar refractivity (Wildman–Crippen MR) is 120 cm³/mol. The first-order valence-electron chi connectivity index (χ1n) is 9.88. The van der Waals surface area contributed by atoms with Crippen LogP contribution in [0.25, 0.3) is 0 Å². The molecule has 2 N–H and O–H groups in total. The Hall–Kier alpha value is -3.13. The monoisotopic (exact) mass is 423 g/mol. The molecule has 0 bridgehead atoms. The Balaban J connectivity index is 1.59. The largest absolute Gasteiger partial charge is 0.325 e. The van der Waals surface area contributed by atoms with E-state index in [2.05, 4.69) is 27.8 Å². The molecular formula is C22H25N5O2S. The van der Waals surface area contributed by atoms with Crippen LogP contribution in [-0.4, -0.2) is 32.3 Å². The van der Waals surface area contributed by atoms with Gasteiger partial charge in [0.05, 0.1) is 12.2 Å². The number of hydrogen-bond acceptors (Lipinski definition) is 5. The number of carbonyl (C=O) groups is 2. The van der Waals surface area contributed by atoms with E-state index in [1.807, 2.05) is 66.1 Å². The third-order valence-corrected chi connectivity index (χ3v) is 5.46. The second-order valence-corrected chi connectivity index (χ2v) is 7.52. The summed E-state index contributed by atoms with van der Waals surface area (Å²) in [6.07, 6.45) is 0.961. The molecule has 3 aromatic rings. The first-order chi connectivity index (χ1) is 14.6. The van der Waals surface area contributed by atoms with E-state index >= 15 is 0 Å². The van der Waals surface area contributed by atoms with Crippen molar-refractivity contribution in [3.63, 3.8) is 0 Å². The fourth-order valence-electron chi connectivity index (χ4n) is 3.01. The Morgan fingerprint density at radius 1 is 0.933 bits per heavy atom. The summed E-state index contributed by atoms with van der Waals surface area (Å²) in [6.45, 7) is 4.63. The predicted octanol–water partition coefficient (Wildman–Crippen LogP) is 3.77. The molecule has 0 atom stereocenters. The maximum Gasteiger partial charge on any atom is 0.234 e. The van der Waals surface area contributed by atoms with Crippen LogP contribution >= 0.6 is 11.8 Å². The average molecular weight is 424 g/mol. The van der Waals surface area contributed by atoms with Gasteiger partial charge in [0, 0.05) is 17.9 Å². The first-order valence-corrected chi connectivity index (χ1v) is 10.9. The Bertz CT molecular complexity index is 1000. The van der Waals surface area contributed by atoms with Gasteiger partial charge in [0.2, 0.25) is 11.8 Å². The minimum atomic E-state index is -0.142. The summed E-state index contributed by atoms with van der Waals surface area (Å²) in [5.41, 5.74) is 2.66. The van der Waals surface area contributed by atoms with Crippen LogP contribution in [-0.2, 0) is 29.0 Å². The number of hydrogen-bond donors (Lipinski definition) is 2. The SMILES string of the molecule is CCc1ccccc1NC(=O)Cc1nnc(SCC(=O)Nc2ccccc2)n1CC. The third kappa shape index (κ3) is 5.70. The molecule has 0 aliphatic rings. The van der Waals surface area contributed by atoms with Gasteiger partial charge in [-0.2, -0.15) is 0 Å². The van der Waals surface area contributed by atoms with Crippen molar-refractivity contribution in [2.24, 2.45) is 0 Å². The van der Waals surface area contributed by atoms with Crippen molar-refractivity contribution in [2.75, 3.05) is 16.4 Å². The molecule has 1 heterocycles. The molecule has 2 aromatic carbocycles. The van der Waals surface area contributed by atoms with Crippen LogP contribution in [0.2, 0.25) is 0 Å². The summed E-state index contributed by atoms with van der Waals surface area (Å²) in [7, 11) is 0. The van der Waals surface area contributed by atoms with E-state index in [0.29, 0.717) is 17.5 Å². The van der Waals surface area contributed by atoms with Gasteiger partial charge in [0.25, 0.3) is 0 Å². The van der Waals surface area contributed by atoms with Crippen LogP contribution in [0.5, 0.6) is 0 Å². The van der Waals surface area contributed by atoms with Crippen LogP contribution < -0.4 is 10.6 Å². The fraction of sp³-hybridized carbons (Fsp3) is 0.273. The molecule has 0 aliphatic carbocycles. The van der Waals surface area contributed by atoms with Gasteiger partial charge < -0.3 is 15.2 Å². The summed E-state index contributed by atoms with van der Waals surface area (Å²) in [4.78, 5) is 24.7. The molecule has 8 heteroatoms. The molecule has 0 unspecified atom stereocenters. The number of carbonyl (C=O) groups excluding carboxylic acids is 2. The van der Waals surface area contributed by atoms with E-state index in [9.17, 15) is 9.59 Å². The van der Waals surface area contributed by atoms with Crippen molar-refractivity contribution in [3.05, 3.63) is 66.0 Å². The van der Waals surface area contributed by atoms with E-state index in [1.165, 1.54) is 11.8 Å². The smallest absolute Gasteiger partial charge is 0.234 e. The van der Waals surface area contributed by atoms with Crippen molar-refractivity contribution in [1.82, 2.24) is 14.8 Å². The molecule has 0 saturated carbocycles. The fourth-order valence-corrected chi connectivity index (χ4v) is 3.83. The zero-order valence-electron chi connectivity index (χ0n) is 17.1. The molecule has 7 nitrogen and oxygen atoms in total. The van der Waals surface area contributed by atoms with Gasteiger partial charge in [0.15, 0.2) is 5.16 Å². The minimum absolute atomic E-state index is 0.118. The standard InChI is InChI=1S/C22H25N5O2S/c1-3-16-10-8-9-13-18(16)24-20(28)14-19-25-26-22(27(19)4-2)30-15-21(29)23-17-11-6-5-7-12-17/h5-13H,3-4,14-15H2,1-2H3,(H,23,29)(H,24,28). The lowest BCUT2D eigenvalue weighted by Gasteiger charge is -2.10.